The monoisotopic (exact) mass is 291 g/mol. The Morgan fingerprint density at radius 1 is 1.25 bits per heavy atom. The van der Waals surface area contributed by atoms with Crippen LogP contribution in [0.15, 0.2) is 42.5 Å². The van der Waals surface area contributed by atoms with E-state index in [9.17, 15) is 14.9 Å². The highest BCUT2D eigenvalue weighted by Crippen LogP contribution is 2.27. The van der Waals surface area contributed by atoms with E-state index >= 15 is 0 Å². The standard InChI is InChI=1S/C13H10ClN3O3/c14-10-7-8(17(19)20)5-6-12(10)16-13(18)9-3-1-2-4-11(9)15/h1-7H,15H2,(H,16,18). The molecule has 0 aliphatic carbocycles. The highest BCUT2D eigenvalue weighted by molar-refractivity contribution is 6.34. The molecular weight excluding hydrogens is 282 g/mol. The molecule has 0 fully saturated rings. The van der Waals surface area contributed by atoms with E-state index in [0.29, 0.717) is 11.3 Å². The first-order valence-corrected chi connectivity index (χ1v) is 5.96. The van der Waals surface area contributed by atoms with Crippen molar-refractivity contribution in [1.82, 2.24) is 0 Å². The van der Waals surface area contributed by atoms with Crippen molar-refractivity contribution in [2.24, 2.45) is 0 Å². The maximum absolute atomic E-state index is 12.0. The van der Waals surface area contributed by atoms with Gasteiger partial charge < -0.3 is 11.1 Å². The average molecular weight is 292 g/mol. The Hall–Kier alpha value is -2.60. The Kier molecular flexibility index (Phi) is 3.86. The summed E-state index contributed by atoms with van der Waals surface area (Å²) in [7, 11) is 0. The minimum atomic E-state index is -0.563. The molecule has 0 bridgehead atoms. The number of nitro benzene ring substituents is 1. The molecule has 0 unspecified atom stereocenters. The number of nitrogens with two attached hydrogens (primary N) is 1. The SMILES string of the molecule is Nc1ccccc1C(=O)Nc1ccc([N+](=O)[O-])cc1Cl. The van der Waals surface area contributed by atoms with Gasteiger partial charge in [0.1, 0.15) is 0 Å². The Labute approximate surface area is 119 Å². The molecule has 102 valence electrons. The molecule has 0 heterocycles. The van der Waals surface area contributed by atoms with Gasteiger partial charge >= 0.3 is 0 Å². The van der Waals surface area contributed by atoms with Crippen molar-refractivity contribution in [3.05, 3.63) is 63.2 Å². The van der Waals surface area contributed by atoms with Gasteiger partial charge in [-0.1, -0.05) is 23.7 Å². The molecule has 3 N–H and O–H groups in total. The number of carbonyl (C=O) groups is 1. The molecule has 20 heavy (non-hydrogen) atoms. The molecular formula is C13H10ClN3O3. The Morgan fingerprint density at radius 2 is 1.95 bits per heavy atom. The zero-order chi connectivity index (χ0) is 14.7. The number of nitrogen functional groups attached to an aromatic ring is 1. The van der Waals surface area contributed by atoms with Crippen LogP contribution in [0.3, 0.4) is 0 Å². The highest BCUT2D eigenvalue weighted by Gasteiger charge is 2.13. The Balaban J connectivity index is 2.25. The number of amides is 1. The number of nitrogens with one attached hydrogen (secondary N) is 1. The second-order valence-electron chi connectivity index (χ2n) is 3.96. The van der Waals surface area contributed by atoms with Gasteiger partial charge in [-0.3, -0.25) is 14.9 Å². The molecule has 7 heteroatoms. The first-order valence-electron chi connectivity index (χ1n) is 5.59. The lowest BCUT2D eigenvalue weighted by molar-refractivity contribution is -0.384. The summed E-state index contributed by atoms with van der Waals surface area (Å²) in [5, 5.41) is 13.2. The van der Waals surface area contributed by atoms with Crippen LogP contribution in [-0.4, -0.2) is 10.8 Å². The molecule has 0 saturated heterocycles. The molecule has 0 radical (unpaired) electrons. The zero-order valence-corrected chi connectivity index (χ0v) is 10.9. The number of carbonyl (C=O) groups excluding carboxylic acids is 1. The van der Waals surface area contributed by atoms with E-state index in [1.807, 2.05) is 0 Å². The summed E-state index contributed by atoms with van der Waals surface area (Å²) < 4.78 is 0. The fourth-order valence-electron chi connectivity index (χ4n) is 1.61. The molecule has 2 aromatic rings. The van der Waals surface area contributed by atoms with Gasteiger partial charge in [0.05, 0.1) is 21.2 Å². The second kappa shape index (κ2) is 5.58. The van der Waals surface area contributed by atoms with Gasteiger partial charge in [-0.15, -0.1) is 0 Å². The Bertz CT molecular complexity index is 688. The quantitative estimate of drug-likeness (QED) is 0.516. The maximum atomic E-state index is 12.0. The van der Waals surface area contributed by atoms with Crippen LogP contribution in [0, 0.1) is 10.1 Å². The summed E-state index contributed by atoms with van der Waals surface area (Å²) in [4.78, 5) is 22.1. The lowest BCUT2D eigenvalue weighted by Gasteiger charge is -2.08. The fraction of sp³-hybridized carbons (Fsp3) is 0. The van der Waals surface area contributed by atoms with Gasteiger partial charge in [-0.25, -0.2) is 0 Å². The molecule has 6 nitrogen and oxygen atoms in total. The number of anilines is 2. The molecule has 0 aromatic heterocycles. The molecule has 0 aliphatic rings. The Morgan fingerprint density at radius 3 is 2.55 bits per heavy atom. The van der Waals surface area contributed by atoms with Crippen molar-refractivity contribution >= 4 is 34.6 Å². The van der Waals surface area contributed by atoms with E-state index < -0.39 is 10.8 Å². The van der Waals surface area contributed by atoms with Gasteiger partial charge in [0.2, 0.25) is 0 Å². The number of rotatable bonds is 3. The molecule has 0 atom stereocenters. The minimum Gasteiger partial charge on any atom is -0.398 e. The summed E-state index contributed by atoms with van der Waals surface area (Å²) >= 11 is 5.89. The van der Waals surface area contributed by atoms with Crippen molar-refractivity contribution in [3.8, 4) is 0 Å². The van der Waals surface area contributed by atoms with Crippen LogP contribution in [0.2, 0.25) is 5.02 Å². The third kappa shape index (κ3) is 2.86. The zero-order valence-electron chi connectivity index (χ0n) is 10.2. The normalized spacial score (nSPS) is 10.1. The van der Waals surface area contributed by atoms with E-state index in [-0.39, 0.29) is 16.4 Å². The summed E-state index contributed by atoms with van der Waals surface area (Å²) in [6, 6.07) is 10.4. The van der Waals surface area contributed by atoms with Gasteiger partial charge in [0.25, 0.3) is 11.6 Å². The third-order valence-corrected chi connectivity index (χ3v) is 2.93. The van der Waals surface area contributed by atoms with Crippen LogP contribution < -0.4 is 11.1 Å². The van der Waals surface area contributed by atoms with E-state index in [1.54, 1.807) is 24.3 Å². The van der Waals surface area contributed by atoms with Gasteiger partial charge in [-0.05, 0) is 18.2 Å². The summed E-state index contributed by atoms with van der Waals surface area (Å²) in [6.45, 7) is 0. The predicted octanol–water partition coefficient (Wildman–Crippen LogP) is 3.08. The number of hydrogen-bond acceptors (Lipinski definition) is 4. The number of hydrogen-bond donors (Lipinski definition) is 2. The van der Waals surface area contributed by atoms with Crippen molar-refractivity contribution < 1.29 is 9.72 Å². The summed E-state index contributed by atoms with van der Waals surface area (Å²) in [5.41, 5.74) is 6.47. The first-order chi connectivity index (χ1) is 9.49. The molecule has 1 amide bonds. The smallest absolute Gasteiger partial charge is 0.271 e. The van der Waals surface area contributed by atoms with Crippen molar-refractivity contribution in [2.45, 2.75) is 0 Å². The summed E-state index contributed by atoms with van der Waals surface area (Å²) in [5.74, 6) is -0.432. The topological polar surface area (TPSA) is 98.3 Å². The number of halogens is 1. The first kappa shape index (κ1) is 13.8. The summed E-state index contributed by atoms with van der Waals surface area (Å²) in [6.07, 6.45) is 0. The van der Waals surface area contributed by atoms with Crippen LogP contribution in [0.4, 0.5) is 17.1 Å². The molecule has 0 aliphatic heterocycles. The highest BCUT2D eigenvalue weighted by atomic mass is 35.5. The third-order valence-electron chi connectivity index (χ3n) is 2.62. The van der Waals surface area contributed by atoms with Crippen LogP contribution in [-0.2, 0) is 0 Å². The maximum Gasteiger partial charge on any atom is 0.271 e. The number of nitrogens with zero attached hydrogens (tertiary/aromatic N) is 1. The number of para-hydroxylation sites is 1. The van der Waals surface area contributed by atoms with Gasteiger partial charge in [0.15, 0.2) is 0 Å². The largest absolute Gasteiger partial charge is 0.398 e. The molecule has 2 rings (SSSR count). The number of non-ortho nitro benzene ring substituents is 1. The minimum absolute atomic E-state index is 0.0852. The van der Waals surface area contributed by atoms with Crippen LogP contribution in [0.25, 0.3) is 0 Å². The lowest BCUT2D eigenvalue weighted by Crippen LogP contribution is -2.14. The fourth-order valence-corrected chi connectivity index (χ4v) is 1.83. The lowest BCUT2D eigenvalue weighted by atomic mass is 10.1. The molecule has 0 spiro atoms. The van der Waals surface area contributed by atoms with Crippen LogP contribution in [0.1, 0.15) is 10.4 Å². The van der Waals surface area contributed by atoms with Gasteiger partial charge in [0, 0.05) is 17.8 Å². The van der Waals surface area contributed by atoms with Crippen molar-refractivity contribution in [3.63, 3.8) is 0 Å². The average Bonchev–Trinajstić information content (AvgIpc) is 2.41. The van der Waals surface area contributed by atoms with Crippen LogP contribution >= 0.6 is 11.6 Å². The molecule has 0 saturated carbocycles. The number of nitro groups is 1. The van der Waals surface area contributed by atoms with E-state index in [0.717, 1.165) is 0 Å². The predicted molar refractivity (Wildman–Crippen MR) is 76.9 cm³/mol. The van der Waals surface area contributed by atoms with Crippen LogP contribution in [0.5, 0.6) is 0 Å². The van der Waals surface area contributed by atoms with Crippen molar-refractivity contribution in [1.29, 1.82) is 0 Å². The second-order valence-corrected chi connectivity index (χ2v) is 4.37. The number of benzene rings is 2. The van der Waals surface area contributed by atoms with E-state index in [4.69, 9.17) is 17.3 Å². The van der Waals surface area contributed by atoms with Crippen molar-refractivity contribution in [2.75, 3.05) is 11.1 Å². The molecule has 2 aromatic carbocycles. The van der Waals surface area contributed by atoms with E-state index in [2.05, 4.69) is 5.32 Å². The van der Waals surface area contributed by atoms with Gasteiger partial charge in [-0.2, -0.15) is 0 Å². The van der Waals surface area contributed by atoms with E-state index in [1.165, 1.54) is 18.2 Å².